The second-order valence-electron chi connectivity index (χ2n) is 5.08. The number of aromatic nitrogens is 1. The Hall–Kier alpha value is -2.82. The molecule has 1 N–H and O–H groups in total. The Kier molecular flexibility index (Phi) is 3.78. The van der Waals surface area contributed by atoms with Crippen molar-refractivity contribution in [3.63, 3.8) is 0 Å². The molecule has 0 fully saturated rings. The number of carbonyl (C=O) groups excluding carboxylic acids is 1. The summed E-state index contributed by atoms with van der Waals surface area (Å²) in [6, 6.07) is 15.4. The zero-order valence-electron chi connectivity index (χ0n) is 12.4. The molecule has 0 aliphatic rings. The van der Waals surface area contributed by atoms with Crippen LogP contribution >= 0.6 is 0 Å². The summed E-state index contributed by atoms with van der Waals surface area (Å²) < 4.78 is 10.6. The first-order valence-electron chi connectivity index (χ1n) is 7.01. The zero-order chi connectivity index (χ0) is 15.5. The van der Waals surface area contributed by atoms with Crippen LogP contribution in [0.5, 0.6) is 5.75 Å². The van der Waals surface area contributed by atoms with Crippen molar-refractivity contribution in [2.24, 2.45) is 0 Å². The summed E-state index contributed by atoms with van der Waals surface area (Å²) in [5.41, 5.74) is 0. The fraction of sp³-hybridized carbons (Fsp3) is 0.176. The molecule has 22 heavy (non-hydrogen) atoms. The van der Waals surface area contributed by atoms with Crippen LogP contribution in [0, 0.1) is 6.92 Å². The maximum Gasteiger partial charge on any atom is 0.266 e. The van der Waals surface area contributed by atoms with Gasteiger partial charge in [-0.25, -0.2) is 0 Å². The Morgan fingerprint density at radius 2 is 1.95 bits per heavy atom. The summed E-state index contributed by atoms with van der Waals surface area (Å²) in [5.74, 6) is 1.40. The second kappa shape index (κ2) is 5.89. The maximum atomic E-state index is 12.1. The summed E-state index contributed by atoms with van der Waals surface area (Å²) in [6.07, 6.45) is -0.641. The number of benzene rings is 2. The highest BCUT2D eigenvalue weighted by Gasteiger charge is 2.16. The number of rotatable bonds is 4. The Morgan fingerprint density at radius 1 is 1.18 bits per heavy atom. The van der Waals surface area contributed by atoms with Crippen LogP contribution in [0.25, 0.3) is 10.8 Å². The average molecular weight is 296 g/mol. The third-order valence-electron chi connectivity index (χ3n) is 3.28. The van der Waals surface area contributed by atoms with E-state index in [-0.39, 0.29) is 5.91 Å². The molecule has 0 bridgehead atoms. The van der Waals surface area contributed by atoms with Crippen molar-refractivity contribution < 1.29 is 14.1 Å². The third kappa shape index (κ3) is 3.09. The van der Waals surface area contributed by atoms with Crippen molar-refractivity contribution in [2.75, 3.05) is 5.32 Å². The molecule has 1 aromatic heterocycles. The lowest BCUT2D eigenvalue weighted by Crippen LogP contribution is -2.30. The molecule has 3 aromatic rings. The second-order valence-corrected chi connectivity index (χ2v) is 5.08. The highest BCUT2D eigenvalue weighted by molar-refractivity contribution is 5.93. The topological polar surface area (TPSA) is 64.4 Å². The lowest BCUT2D eigenvalue weighted by molar-refractivity contribution is -0.122. The highest BCUT2D eigenvalue weighted by atomic mass is 16.5. The predicted molar refractivity (Wildman–Crippen MR) is 83.9 cm³/mol. The minimum Gasteiger partial charge on any atom is -0.481 e. The van der Waals surface area contributed by atoms with Gasteiger partial charge in [-0.3, -0.25) is 4.79 Å². The number of ether oxygens (including phenoxy) is 1. The van der Waals surface area contributed by atoms with Gasteiger partial charge in [-0.2, -0.15) is 0 Å². The number of amides is 1. The third-order valence-corrected chi connectivity index (χ3v) is 3.28. The van der Waals surface area contributed by atoms with Crippen molar-refractivity contribution in [1.29, 1.82) is 0 Å². The number of carbonyl (C=O) groups is 1. The number of hydrogen-bond acceptors (Lipinski definition) is 4. The van der Waals surface area contributed by atoms with Crippen LogP contribution < -0.4 is 10.1 Å². The SMILES string of the molecule is Cc1cc(NC(=O)C(C)Oc2ccc3ccccc3c2)no1. The maximum absolute atomic E-state index is 12.1. The van der Waals surface area contributed by atoms with Gasteiger partial charge >= 0.3 is 0 Å². The van der Waals surface area contributed by atoms with Crippen molar-refractivity contribution in [3.8, 4) is 5.75 Å². The predicted octanol–water partition coefficient (Wildman–Crippen LogP) is 3.54. The molecule has 5 nitrogen and oxygen atoms in total. The Balaban J connectivity index is 1.69. The van der Waals surface area contributed by atoms with Gasteiger partial charge in [0, 0.05) is 6.07 Å². The van der Waals surface area contributed by atoms with Crippen LogP contribution in [0.2, 0.25) is 0 Å². The van der Waals surface area contributed by atoms with E-state index in [2.05, 4.69) is 10.5 Å². The minimum atomic E-state index is -0.641. The number of aryl methyl sites for hydroxylation is 1. The summed E-state index contributed by atoms with van der Waals surface area (Å²) in [7, 11) is 0. The normalized spacial score (nSPS) is 12.1. The highest BCUT2D eigenvalue weighted by Crippen LogP contribution is 2.21. The van der Waals surface area contributed by atoms with Crippen LogP contribution in [0.3, 0.4) is 0 Å². The zero-order valence-corrected chi connectivity index (χ0v) is 12.4. The number of fused-ring (bicyclic) bond motifs is 1. The molecule has 1 heterocycles. The van der Waals surface area contributed by atoms with E-state index < -0.39 is 6.10 Å². The summed E-state index contributed by atoms with van der Waals surface area (Å²) in [5, 5.41) is 8.57. The molecule has 3 rings (SSSR count). The summed E-state index contributed by atoms with van der Waals surface area (Å²) in [6.45, 7) is 3.45. The van der Waals surface area contributed by atoms with Gasteiger partial charge in [0.05, 0.1) is 0 Å². The van der Waals surface area contributed by atoms with Gasteiger partial charge in [0.15, 0.2) is 11.9 Å². The van der Waals surface area contributed by atoms with Gasteiger partial charge in [-0.15, -0.1) is 0 Å². The van der Waals surface area contributed by atoms with Crippen LogP contribution in [-0.4, -0.2) is 17.2 Å². The van der Waals surface area contributed by atoms with Gasteiger partial charge in [0.2, 0.25) is 0 Å². The van der Waals surface area contributed by atoms with Gasteiger partial charge < -0.3 is 14.6 Å². The molecular formula is C17H16N2O3. The van der Waals surface area contributed by atoms with E-state index >= 15 is 0 Å². The molecule has 0 spiro atoms. The molecule has 0 aliphatic heterocycles. The number of nitrogens with zero attached hydrogens (tertiary/aromatic N) is 1. The van der Waals surface area contributed by atoms with E-state index in [0.717, 1.165) is 10.8 Å². The van der Waals surface area contributed by atoms with E-state index in [9.17, 15) is 4.79 Å². The molecule has 2 aromatic carbocycles. The quantitative estimate of drug-likeness (QED) is 0.799. The molecule has 0 saturated carbocycles. The molecule has 0 radical (unpaired) electrons. The van der Waals surface area contributed by atoms with Crippen molar-refractivity contribution in [3.05, 3.63) is 54.3 Å². The fourth-order valence-electron chi connectivity index (χ4n) is 2.15. The van der Waals surface area contributed by atoms with E-state index in [1.807, 2.05) is 42.5 Å². The van der Waals surface area contributed by atoms with E-state index in [4.69, 9.17) is 9.26 Å². The van der Waals surface area contributed by atoms with Gasteiger partial charge in [-0.1, -0.05) is 35.5 Å². The van der Waals surface area contributed by atoms with Crippen LogP contribution in [0.4, 0.5) is 5.82 Å². The molecule has 0 aliphatic carbocycles. The van der Waals surface area contributed by atoms with Gasteiger partial charge in [0.25, 0.3) is 5.91 Å². The van der Waals surface area contributed by atoms with E-state index in [1.54, 1.807) is 19.9 Å². The molecular weight excluding hydrogens is 280 g/mol. The lowest BCUT2D eigenvalue weighted by atomic mass is 10.1. The van der Waals surface area contributed by atoms with Crippen molar-refractivity contribution in [1.82, 2.24) is 5.16 Å². The Bertz CT molecular complexity index is 810. The molecule has 1 unspecified atom stereocenters. The first-order chi connectivity index (χ1) is 10.6. The van der Waals surface area contributed by atoms with E-state index in [1.165, 1.54) is 0 Å². The van der Waals surface area contributed by atoms with Crippen LogP contribution in [0.1, 0.15) is 12.7 Å². The summed E-state index contributed by atoms with van der Waals surface area (Å²) in [4.78, 5) is 12.1. The van der Waals surface area contributed by atoms with Gasteiger partial charge in [-0.05, 0) is 36.8 Å². The number of hydrogen-bond donors (Lipinski definition) is 1. The molecule has 5 heteroatoms. The van der Waals surface area contributed by atoms with Gasteiger partial charge in [0.1, 0.15) is 11.5 Å². The van der Waals surface area contributed by atoms with Crippen molar-refractivity contribution in [2.45, 2.75) is 20.0 Å². The van der Waals surface area contributed by atoms with Crippen LogP contribution in [-0.2, 0) is 4.79 Å². The first-order valence-corrected chi connectivity index (χ1v) is 7.01. The Labute approximate surface area is 127 Å². The number of anilines is 1. The minimum absolute atomic E-state index is 0.276. The summed E-state index contributed by atoms with van der Waals surface area (Å²) >= 11 is 0. The Morgan fingerprint density at radius 3 is 2.68 bits per heavy atom. The van der Waals surface area contributed by atoms with Crippen LogP contribution in [0.15, 0.2) is 53.1 Å². The van der Waals surface area contributed by atoms with Crippen molar-refractivity contribution >= 4 is 22.5 Å². The smallest absolute Gasteiger partial charge is 0.266 e. The molecule has 1 amide bonds. The van der Waals surface area contributed by atoms with E-state index in [0.29, 0.717) is 17.3 Å². The molecule has 1 atom stereocenters. The first kappa shape index (κ1) is 14.1. The lowest BCUT2D eigenvalue weighted by Gasteiger charge is -2.14. The standard InChI is InChI=1S/C17H16N2O3/c1-11-9-16(19-22-11)18-17(20)12(2)21-15-8-7-13-5-3-4-6-14(13)10-15/h3-10,12H,1-2H3,(H,18,19,20). The largest absolute Gasteiger partial charge is 0.481 e. The molecule has 0 saturated heterocycles. The average Bonchev–Trinajstić information content (AvgIpc) is 2.92. The molecule has 112 valence electrons. The monoisotopic (exact) mass is 296 g/mol. The number of nitrogens with one attached hydrogen (secondary N) is 1. The fourth-order valence-corrected chi connectivity index (χ4v) is 2.15.